The van der Waals surface area contributed by atoms with Crippen molar-refractivity contribution in [2.75, 3.05) is 7.11 Å². The summed E-state index contributed by atoms with van der Waals surface area (Å²) in [5, 5.41) is 4.30. The molecule has 1 amide bonds. The lowest BCUT2D eigenvalue weighted by Crippen LogP contribution is -2.24. The van der Waals surface area contributed by atoms with Crippen LogP contribution in [0.25, 0.3) is 0 Å². The van der Waals surface area contributed by atoms with Crippen LogP contribution in [0, 0.1) is 5.92 Å². The largest absolute Gasteiger partial charge is 0.497 e. The van der Waals surface area contributed by atoms with Gasteiger partial charge in [-0.25, -0.2) is 5.43 Å². The van der Waals surface area contributed by atoms with Crippen LogP contribution in [0.2, 0.25) is 0 Å². The molecular formula is C17H18N2O3. The average molecular weight is 298 g/mol. The van der Waals surface area contributed by atoms with Crippen molar-refractivity contribution >= 4 is 11.6 Å². The molecule has 0 aliphatic heterocycles. The predicted molar refractivity (Wildman–Crippen MR) is 83.2 cm³/mol. The maximum Gasteiger partial charge on any atom is 0.307 e. The topological polar surface area (TPSA) is 63.8 Å². The van der Waals surface area contributed by atoms with Crippen LogP contribution in [0.1, 0.15) is 35.0 Å². The van der Waals surface area contributed by atoms with Crippen molar-refractivity contribution in [1.29, 1.82) is 0 Å². The number of carbonyl (C=O) groups excluding carboxylic acids is 1. The minimum absolute atomic E-state index is 0.253. The van der Waals surface area contributed by atoms with Gasteiger partial charge < -0.3 is 9.15 Å². The normalized spacial score (nSPS) is 18.8. The number of methoxy groups -OCH3 is 1. The number of hydrazone groups is 1. The third-order valence-electron chi connectivity index (χ3n) is 3.77. The third kappa shape index (κ3) is 2.88. The van der Waals surface area contributed by atoms with Crippen molar-refractivity contribution in [3.05, 3.63) is 53.5 Å². The fraction of sp³-hybridized carbons (Fsp3) is 0.294. The van der Waals surface area contributed by atoms with Crippen LogP contribution < -0.4 is 10.2 Å². The number of ether oxygens (including phenoxy) is 1. The SMILES string of the molecule is COc1ccc2c(c1)C[C@H](C)C/C2=N\NC(=O)c1ccco1. The molecule has 114 valence electrons. The van der Waals surface area contributed by atoms with E-state index >= 15 is 0 Å². The molecule has 0 radical (unpaired) electrons. The molecule has 1 atom stereocenters. The molecule has 0 bridgehead atoms. The highest BCUT2D eigenvalue weighted by Gasteiger charge is 2.22. The Kier molecular flexibility index (Phi) is 3.96. The second-order valence-electron chi connectivity index (χ2n) is 5.51. The number of amides is 1. The van der Waals surface area contributed by atoms with E-state index in [1.165, 1.54) is 11.8 Å². The number of nitrogens with one attached hydrogen (secondary N) is 1. The van der Waals surface area contributed by atoms with Gasteiger partial charge >= 0.3 is 5.91 Å². The number of nitrogens with zero attached hydrogens (tertiary/aromatic N) is 1. The van der Waals surface area contributed by atoms with E-state index in [0.29, 0.717) is 5.92 Å². The molecule has 1 aliphatic rings. The van der Waals surface area contributed by atoms with Crippen molar-refractivity contribution in [2.24, 2.45) is 11.0 Å². The first-order valence-electron chi connectivity index (χ1n) is 7.25. The van der Waals surface area contributed by atoms with Gasteiger partial charge in [0.2, 0.25) is 0 Å². The van der Waals surface area contributed by atoms with E-state index in [4.69, 9.17) is 9.15 Å². The van der Waals surface area contributed by atoms with Crippen LogP contribution in [-0.2, 0) is 6.42 Å². The highest BCUT2D eigenvalue weighted by molar-refractivity contribution is 6.04. The quantitative estimate of drug-likeness (QED) is 0.886. The first-order chi connectivity index (χ1) is 10.7. The highest BCUT2D eigenvalue weighted by Crippen LogP contribution is 2.28. The van der Waals surface area contributed by atoms with Gasteiger partial charge in [-0.1, -0.05) is 6.92 Å². The van der Waals surface area contributed by atoms with E-state index in [1.807, 2.05) is 18.2 Å². The van der Waals surface area contributed by atoms with Gasteiger partial charge in [-0.2, -0.15) is 5.10 Å². The first kappa shape index (κ1) is 14.4. The van der Waals surface area contributed by atoms with Gasteiger partial charge in [0.05, 0.1) is 19.1 Å². The van der Waals surface area contributed by atoms with Crippen molar-refractivity contribution in [3.8, 4) is 5.75 Å². The number of rotatable bonds is 3. The van der Waals surface area contributed by atoms with Gasteiger partial charge in [0.25, 0.3) is 0 Å². The number of fused-ring (bicyclic) bond motifs is 1. The Balaban J connectivity index is 1.85. The van der Waals surface area contributed by atoms with E-state index in [1.54, 1.807) is 19.2 Å². The van der Waals surface area contributed by atoms with Gasteiger partial charge in [0, 0.05) is 5.56 Å². The second kappa shape index (κ2) is 6.05. The molecule has 1 aromatic carbocycles. The fourth-order valence-electron chi connectivity index (χ4n) is 2.72. The van der Waals surface area contributed by atoms with Gasteiger partial charge in [-0.3, -0.25) is 4.79 Å². The minimum Gasteiger partial charge on any atom is -0.497 e. The Morgan fingerprint density at radius 2 is 2.23 bits per heavy atom. The van der Waals surface area contributed by atoms with E-state index in [2.05, 4.69) is 17.5 Å². The average Bonchev–Trinajstić information content (AvgIpc) is 3.05. The summed E-state index contributed by atoms with van der Waals surface area (Å²) >= 11 is 0. The van der Waals surface area contributed by atoms with Crippen LogP contribution in [-0.4, -0.2) is 18.7 Å². The van der Waals surface area contributed by atoms with Gasteiger partial charge in [0.15, 0.2) is 5.76 Å². The highest BCUT2D eigenvalue weighted by atomic mass is 16.5. The molecular weight excluding hydrogens is 280 g/mol. The number of hydrogen-bond acceptors (Lipinski definition) is 4. The van der Waals surface area contributed by atoms with Crippen molar-refractivity contribution in [1.82, 2.24) is 5.43 Å². The Morgan fingerprint density at radius 1 is 1.36 bits per heavy atom. The van der Waals surface area contributed by atoms with Crippen LogP contribution in [0.4, 0.5) is 0 Å². The van der Waals surface area contributed by atoms with E-state index in [-0.39, 0.29) is 11.7 Å². The third-order valence-corrected chi connectivity index (χ3v) is 3.77. The summed E-state index contributed by atoms with van der Waals surface area (Å²) in [6.45, 7) is 2.17. The van der Waals surface area contributed by atoms with Gasteiger partial charge in [0.1, 0.15) is 5.75 Å². The van der Waals surface area contributed by atoms with Crippen molar-refractivity contribution < 1.29 is 13.9 Å². The van der Waals surface area contributed by atoms with Crippen LogP contribution in [0.3, 0.4) is 0 Å². The number of furan rings is 1. The summed E-state index contributed by atoms with van der Waals surface area (Å²) in [7, 11) is 1.66. The van der Waals surface area contributed by atoms with Gasteiger partial charge in [-0.15, -0.1) is 0 Å². The van der Waals surface area contributed by atoms with Crippen LogP contribution in [0.15, 0.2) is 46.1 Å². The van der Waals surface area contributed by atoms with Crippen molar-refractivity contribution in [3.63, 3.8) is 0 Å². The number of hydrogen-bond donors (Lipinski definition) is 1. The zero-order valence-electron chi connectivity index (χ0n) is 12.6. The maximum absolute atomic E-state index is 11.9. The molecule has 2 aromatic rings. The molecule has 1 aromatic heterocycles. The molecule has 1 N–H and O–H groups in total. The molecule has 0 unspecified atom stereocenters. The number of benzene rings is 1. The summed E-state index contributed by atoms with van der Waals surface area (Å²) in [5.41, 5.74) is 5.72. The molecule has 1 aliphatic carbocycles. The van der Waals surface area contributed by atoms with E-state index < -0.39 is 0 Å². The second-order valence-corrected chi connectivity index (χ2v) is 5.51. The molecule has 0 spiro atoms. The molecule has 5 nitrogen and oxygen atoms in total. The van der Waals surface area contributed by atoms with E-state index in [9.17, 15) is 4.79 Å². The summed E-state index contributed by atoms with van der Waals surface area (Å²) < 4.78 is 10.3. The fourth-order valence-corrected chi connectivity index (χ4v) is 2.72. The summed E-state index contributed by atoms with van der Waals surface area (Å²) in [4.78, 5) is 11.9. The van der Waals surface area contributed by atoms with Crippen molar-refractivity contribution in [2.45, 2.75) is 19.8 Å². The standard InChI is InChI=1S/C17H18N2O3/c1-11-8-12-10-13(21-2)5-6-14(12)15(9-11)18-19-17(20)16-4-3-7-22-16/h3-7,10-11H,8-9H2,1-2H3,(H,19,20)/b18-15+/t11-/m0/s1. The molecule has 1 heterocycles. The molecule has 0 saturated heterocycles. The monoisotopic (exact) mass is 298 g/mol. The minimum atomic E-state index is -0.342. The first-order valence-corrected chi connectivity index (χ1v) is 7.25. The maximum atomic E-state index is 11.9. The van der Waals surface area contributed by atoms with E-state index in [0.717, 1.165) is 29.9 Å². The Hall–Kier alpha value is -2.56. The molecule has 0 saturated carbocycles. The lowest BCUT2D eigenvalue weighted by Gasteiger charge is -2.23. The predicted octanol–water partition coefficient (Wildman–Crippen LogP) is 3.00. The number of carbonyl (C=O) groups is 1. The lowest BCUT2D eigenvalue weighted by atomic mass is 9.83. The van der Waals surface area contributed by atoms with Gasteiger partial charge in [-0.05, 0) is 54.7 Å². The zero-order chi connectivity index (χ0) is 15.5. The Labute approximate surface area is 129 Å². The molecule has 3 rings (SSSR count). The van der Waals surface area contributed by atoms with Crippen LogP contribution in [0.5, 0.6) is 5.75 Å². The molecule has 5 heteroatoms. The summed E-state index contributed by atoms with van der Waals surface area (Å²) in [6.07, 6.45) is 3.28. The van der Waals surface area contributed by atoms with Crippen LogP contribution >= 0.6 is 0 Å². The Bertz CT molecular complexity index is 705. The molecule has 0 fully saturated rings. The molecule has 22 heavy (non-hydrogen) atoms. The summed E-state index contributed by atoms with van der Waals surface area (Å²) in [5.74, 6) is 1.22. The Morgan fingerprint density at radius 3 is 2.95 bits per heavy atom. The smallest absolute Gasteiger partial charge is 0.307 e. The summed E-state index contributed by atoms with van der Waals surface area (Å²) in [6, 6.07) is 9.23. The lowest BCUT2D eigenvalue weighted by molar-refractivity contribution is 0.0927. The zero-order valence-corrected chi connectivity index (χ0v) is 12.6.